The van der Waals surface area contributed by atoms with Gasteiger partial charge >= 0.3 is 0 Å². The molecule has 0 aliphatic carbocycles. The molecule has 0 saturated carbocycles. The minimum Gasteiger partial charge on any atom is -0.506 e. The Balaban J connectivity index is 2.32. The van der Waals surface area contributed by atoms with Crippen LogP contribution in [0.2, 0.25) is 0 Å². The molecule has 2 heterocycles. The van der Waals surface area contributed by atoms with Crippen molar-refractivity contribution in [1.82, 2.24) is 14.6 Å². The predicted molar refractivity (Wildman–Crippen MR) is 50.2 cm³/mol. The highest BCUT2D eigenvalue weighted by Gasteiger charge is 2.02. The van der Waals surface area contributed by atoms with E-state index in [2.05, 4.69) is 10.1 Å². The van der Waals surface area contributed by atoms with E-state index in [0.29, 0.717) is 13.0 Å². The monoisotopic (exact) mass is 193 g/mol. The number of hydrogen-bond acceptors (Lipinski definition) is 4. The summed E-state index contributed by atoms with van der Waals surface area (Å²) in [5.41, 5.74) is 0.730. The maximum Gasteiger partial charge on any atom is 0.155 e. The largest absolute Gasteiger partial charge is 0.506 e. The third kappa shape index (κ3) is 1.67. The van der Waals surface area contributed by atoms with Crippen molar-refractivity contribution in [1.29, 1.82) is 0 Å². The van der Waals surface area contributed by atoms with Crippen LogP contribution in [0.4, 0.5) is 0 Å². The van der Waals surface area contributed by atoms with Crippen molar-refractivity contribution in [2.75, 3.05) is 13.7 Å². The van der Waals surface area contributed by atoms with Crippen molar-refractivity contribution in [3.8, 4) is 5.75 Å². The molecule has 2 aromatic rings. The van der Waals surface area contributed by atoms with Gasteiger partial charge in [-0.2, -0.15) is 5.10 Å². The van der Waals surface area contributed by atoms with Gasteiger partial charge in [-0.25, -0.2) is 9.50 Å². The fourth-order valence-corrected chi connectivity index (χ4v) is 1.22. The summed E-state index contributed by atoms with van der Waals surface area (Å²) < 4.78 is 6.48. The van der Waals surface area contributed by atoms with Crippen LogP contribution in [0, 0.1) is 0 Å². The van der Waals surface area contributed by atoms with E-state index >= 15 is 0 Å². The molecule has 1 N–H and O–H groups in total. The van der Waals surface area contributed by atoms with E-state index in [-0.39, 0.29) is 5.75 Å². The highest BCUT2D eigenvalue weighted by atomic mass is 16.5. The number of pyridine rings is 1. The topological polar surface area (TPSA) is 59.7 Å². The summed E-state index contributed by atoms with van der Waals surface area (Å²) in [5, 5.41) is 13.4. The van der Waals surface area contributed by atoms with Crippen LogP contribution in [0.1, 0.15) is 5.82 Å². The Hall–Kier alpha value is -1.62. The molecule has 0 radical (unpaired) electrons. The first-order valence-corrected chi connectivity index (χ1v) is 4.33. The number of aromatic nitrogens is 3. The molecule has 0 amide bonds. The van der Waals surface area contributed by atoms with Gasteiger partial charge in [0.1, 0.15) is 5.75 Å². The highest BCUT2D eigenvalue weighted by molar-refractivity contribution is 5.40. The summed E-state index contributed by atoms with van der Waals surface area (Å²) in [4.78, 5) is 4.25. The summed E-state index contributed by atoms with van der Waals surface area (Å²) in [6.07, 6.45) is 2.21. The lowest BCUT2D eigenvalue weighted by atomic mass is 10.4. The fourth-order valence-electron chi connectivity index (χ4n) is 1.22. The standard InChI is InChI=1S/C9H11N3O2/c1-14-5-4-8-10-9-3-2-7(13)6-12(9)11-8/h2-3,6,13H,4-5H2,1H3. The minimum absolute atomic E-state index is 0.181. The second-order valence-electron chi connectivity index (χ2n) is 2.96. The van der Waals surface area contributed by atoms with E-state index in [1.54, 1.807) is 23.8 Å². The molecule has 0 atom stereocenters. The molecular formula is C9H11N3O2. The number of hydrogen-bond donors (Lipinski definition) is 1. The van der Waals surface area contributed by atoms with Crippen molar-refractivity contribution in [3.63, 3.8) is 0 Å². The second-order valence-corrected chi connectivity index (χ2v) is 2.96. The van der Waals surface area contributed by atoms with E-state index in [1.807, 2.05) is 0 Å². The summed E-state index contributed by atoms with van der Waals surface area (Å²) >= 11 is 0. The molecule has 0 aliphatic rings. The number of ether oxygens (including phenoxy) is 1. The molecule has 2 aromatic heterocycles. The van der Waals surface area contributed by atoms with E-state index in [4.69, 9.17) is 4.74 Å². The lowest BCUT2D eigenvalue weighted by Gasteiger charge is -1.91. The number of nitrogens with zero attached hydrogens (tertiary/aromatic N) is 3. The van der Waals surface area contributed by atoms with Crippen molar-refractivity contribution in [2.45, 2.75) is 6.42 Å². The van der Waals surface area contributed by atoms with Crippen molar-refractivity contribution < 1.29 is 9.84 Å². The third-order valence-electron chi connectivity index (χ3n) is 1.89. The van der Waals surface area contributed by atoms with Gasteiger partial charge in [-0.1, -0.05) is 0 Å². The Morgan fingerprint density at radius 1 is 1.50 bits per heavy atom. The molecule has 0 aliphatic heterocycles. The van der Waals surface area contributed by atoms with Gasteiger partial charge in [-0.15, -0.1) is 0 Å². The zero-order valence-electron chi connectivity index (χ0n) is 7.84. The van der Waals surface area contributed by atoms with Gasteiger partial charge in [-0.05, 0) is 12.1 Å². The van der Waals surface area contributed by atoms with Crippen LogP contribution in [-0.4, -0.2) is 33.4 Å². The van der Waals surface area contributed by atoms with Gasteiger partial charge in [0.15, 0.2) is 11.5 Å². The molecular weight excluding hydrogens is 182 g/mol. The van der Waals surface area contributed by atoms with Crippen LogP contribution in [0.5, 0.6) is 5.75 Å². The van der Waals surface area contributed by atoms with Crippen molar-refractivity contribution >= 4 is 5.65 Å². The quantitative estimate of drug-likeness (QED) is 0.776. The average Bonchev–Trinajstić information content (AvgIpc) is 2.56. The molecule has 0 fully saturated rings. The zero-order chi connectivity index (χ0) is 9.97. The lowest BCUT2D eigenvalue weighted by Crippen LogP contribution is -1.96. The van der Waals surface area contributed by atoms with Crippen LogP contribution in [-0.2, 0) is 11.2 Å². The molecule has 5 nitrogen and oxygen atoms in total. The molecule has 0 unspecified atom stereocenters. The van der Waals surface area contributed by atoms with Crippen LogP contribution in [0.3, 0.4) is 0 Å². The van der Waals surface area contributed by atoms with E-state index in [1.165, 1.54) is 6.20 Å². The number of fused-ring (bicyclic) bond motifs is 1. The van der Waals surface area contributed by atoms with Crippen LogP contribution in [0.25, 0.3) is 5.65 Å². The van der Waals surface area contributed by atoms with Crippen molar-refractivity contribution in [3.05, 3.63) is 24.2 Å². The molecule has 0 aromatic carbocycles. The van der Waals surface area contributed by atoms with Gasteiger partial charge in [0, 0.05) is 13.5 Å². The van der Waals surface area contributed by atoms with Gasteiger partial charge in [0.05, 0.1) is 12.8 Å². The molecule has 2 rings (SSSR count). The van der Waals surface area contributed by atoms with Gasteiger partial charge in [-0.3, -0.25) is 0 Å². The van der Waals surface area contributed by atoms with Crippen LogP contribution < -0.4 is 0 Å². The molecule has 14 heavy (non-hydrogen) atoms. The first-order chi connectivity index (χ1) is 6.79. The van der Waals surface area contributed by atoms with Gasteiger partial charge < -0.3 is 9.84 Å². The average molecular weight is 193 g/mol. The molecule has 0 bridgehead atoms. The second kappa shape index (κ2) is 3.63. The Morgan fingerprint density at radius 2 is 2.36 bits per heavy atom. The molecule has 0 spiro atoms. The summed E-state index contributed by atoms with van der Waals surface area (Å²) in [7, 11) is 1.64. The van der Waals surface area contributed by atoms with Crippen molar-refractivity contribution in [2.24, 2.45) is 0 Å². The lowest BCUT2D eigenvalue weighted by molar-refractivity contribution is 0.200. The normalized spacial score (nSPS) is 10.9. The minimum atomic E-state index is 0.181. The Labute approximate surface area is 81.0 Å². The van der Waals surface area contributed by atoms with Gasteiger partial charge in [0.2, 0.25) is 0 Å². The van der Waals surface area contributed by atoms with Gasteiger partial charge in [0.25, 0.3) is 0 Å². The SMILES string of the molecule is COCCc1nc2ccc(O)cn2n1. The maximum atomic E-state index is 9.20. The van der Waals surface area contributed by atoms with Crippen LogP contribution in [0.15, 0.2) is 18.3 Å². The molecule has 5 heteroatoms. The number of rotatable bonds is 3. The summed E-state index contributed by atoms with van der Waals surface area (Å²) in [5.74, 6) is 0.901. The first kappa shape index (κ1) is 8.96. The van der Waals surface area contributed by atoms with E-state index in [0.717, 1.165) is 11.5 Å². The smallest absolute Gasteiger partial charge is 0.155 e. The highest BCUT2D eigenvalue weighted by Crippen LogP contribution is 2.09. The predicted octanol–water partition coefficient (Wildman–Crippen LogP) is 0.624. The fraction of sp³-hybridized carbons (Fsp3) is 0.333. The Morgan fingerprint density at radius 3 is 3.14 bits per heavy atom. The zero-order valence-corrected chi connectivity index (χ0v) is 7.84. The summed E-state index contributed by atoms with van der Waals surface area (Å²) in [6, 6.07) is 3.31. The van der Waals surface area contributed by atoms with E-state index in [9.17, 15) is 5.11 Å². The number of methoxy groups -OCH3 is 1. The molecule has 0 saturated heterocycles. The van der Waals surface area contributed by atoms with E-state index < -0.39 is 0 Å². The third-order valence-corrected chi connectivity index (χ3v) is 1.89. The van der Waals surface area contributed by atoms with Crippen LogP contribution >= 0.6 is 0 Å². The first-order valence-electron chi connectivity index (χ1n) is 4.33. The Kier molecular flexibility index (Phi) is 2.32. The molecule has 74 valence electrons. The maximum absolute atomic E-state index is 9.20. The summed E-state index contributed by atoms with van der Waals surface area (Å²) in [6.45, 7) is 0.600. The Bertz CT molecular complexity index is 439. The number of aromatic hydroxyl groups is 1.